The molecule has 2 amide bonds. The lowest BCUT2D eigenvalue weighted by Gasteiger charge is -2.02. The van der Waals surface area contributed by atoms with Gasteiger partial charge in [0.05, 0.1) is 23.7 Å². The first-order valence-electron chi connectivity index (χ1n) is 22.6. The Kier molecular flexibility index (Phi) is 33.5. The number of hydrogen-bond acceptors (Lipinski definition) is 16. The quantitative estimate of drug-likeness (QED) is 0.0972. The molecule has 6 rings (SSSR count). The zero-order valence-corrected chi connectivity index (χ0v) is 45.8. The predicted molar refractivity (Wildman–Crippen MR) is 276 cm³/mol. The second-order valence-electron chi connectivity index (χ2n) is 17.5. The number of nitrogens with zero attached hydrogens (tertiary/aromatic N) is 6. The van der Waals surface area contributed by atoms with Crippen LogP contribution < -0.4 is 27.1 Å². The highest BCUT2D eigenvalue weighted by Crippen LogP contribution is 2.17. The van der Waals surface area contributed by atoms with Crippen LogP contribution in [0.5, 0.6) is 0 Å². The molecular weight excluding hydrogens is 907 g/mol. The molecule has 68 heavy (non-hydrogen) atoms. The second kappa shape index (κ2) is 35.4. The van der Waals surface area contributed by atoms with Gasteiger partial charge in [-0.05, 0) is 32.3 Å². The maximum atomic E-state index is 11.4. The number of aryl methyl sites for hydroxylation is 2. The molecule has 382 valence electrons. The Morgan fingerprint density at radius 1 is 0.765 bits per heavy atom. The molecule has 1 aliphatic heterocycles. The first-order valence-corrected chi connectivity index (χ1v) is 24.3. The zero-order chi connectivity index (χ0) is 52.7. The zero-order valence-electron chi connectivity index (χ0n) is 44.1. The third-order valence-corrected chi connectivity index (χ3v) is 10.2. The Labute approximate surface area is 412 Å². The molecular formula is C48H81N11O7S2. The molecule has 0 unspecified atom stereocenters. The number of hydrogen-bond donors (Lipinski definition) is 5. The molecule has 5 N–H and O–H groups in total. The SMILES string of the molecule is C=C1N=C(C(C)C)NO1.CC(C)c1cncs1.CC(C)c1ncn[nH]1.CC(C)c1ns[nH]c1=O.CNC(=O)C(C)C.CNC(=O)C(C)C.Cc1cc(C(C)C)on1.Cc1cocc(C(C)C)c1=O. The van der Waals surface area contributed by atoms with Crippen LogP contribution in [0.3, 0.4) is 0 Å². The number of H-pyrrole nitrogens is 2. The van der Waals surface area contributed by atoms with E-state index in [2.05, 4.69) is 103 Å². The van der Waals surface area contributed by atoms with Crippen molar-refractivity contribution in [2.24, 2.45) is 22.7 Å². The fourth-order valence-corrected chi connectivity index (χ4v) is 5.55. The fourth-order valence-electron chi connectivity index (χ4n) is 4.29. The molecule has 0 spiro atoms. The molecule has 0 aliphatic carbocycles. The maximum absolute atomic E-state index is 11.4. The van der Waals surface area contributed by atoms with Crippen LogP contribution in [0, 0.1) is 31.6 Å². The summed E-state index contributed by atoms with van der Waals surface area (Å²) in [4.78, 5) is 60.9. The van der Waals surface area contributed by atoms with Crippen LogP contribution in [0.15, 0.2) is 72.6 Å². The van der Waals surface area contributed by atoms with E-state index < -0.39 is 0 Å². The minimum atomic E-state index is -0.0463. The standard InChI is InChI=1S/C9H12O2.C7H11NO.C6H10N2O.C6H9NS.C5H9N3.C5H8N2OS.2C5H11NO/c1-6(2)8-5-11-4-7(3)9(8)10;1-5(2)7-4-6(3)8-9-7;1-4(2)6-7-5(3)9-8-6;1-5(2)6-3-7-4-8-6;1-4(2)5-6-3-7-8-5;1-3(2)4-5(8)7-9-6-4;2*1-4(2)5(7)6-3/h4-6H,1-3H3;4-5H,1-3H3;4H,3H2,1-2H3,(H,7,8);3-5H,1-2H3;3-4H,1-2H3,(H,6,7,8);3H,1-2H3,(H,7,8);2*4H,1-3H3,(H,6,7). The number of aromatic amines is 2. The highest BCUT2D eigenvalue weighted by Gasteiger charge is 2.12. The largest absolute Gasteiger partial charge is 0.472 e. The van der Waals surface area contributed by atoms with Gasteiger partial charge < -0.3 is 24.4 Å². The van der Waals surface area contributed by atoms with Crippen LogP contribution in [0.2, 0.25) is 0 Å². The minimum Gasteiger partial charge on any atom is -0.472 e. The van der Waals surface area contributed by atoms with Crippen LogP contribution in [-0.2, 0) is 14.4 Å². The van der Waals surface area contributed by atoms with Crippen molar-refractivity contribution in [2.75, 3.05) is 14.1 Å². The summed E-state index contributed by atoms with van der Waals surface area (Å²) in [6.07, 6.45) is 6.46. The number of nitrogens with one attached hydrogen (secondary N) is 5. The van der Waals surface area contributed by atoms with Gasteiger partial charge in [-0.2, -0.15) is 14.5 Å². The van der Waals surface area contributed by atoms with Gasteiger partial charge in [0.15, 0.2) is 5.43 Å². The molecule has 5 aromatic rings. The van der Waals surface area contributed by atoms with Gasteiger partial charge in [0, 0.05) is 89.6 Å². The van der Waals surface area contributed by atoms with Gasteiger partial charge >= 0.3 is 0 Å². The van der Waals surface area contributed by atoms with E-state index in [-0.39, 0.29) is 46.5 Å². The van der Waals surface area contributed by atoms with Crippen molar-refractivity contribution in [1.29, 1.82) is 0 Å². The summed E-state index contributed by atoms with van der Waals surface area (Å²) in [5.41, 5.74) is 7.61. The normalized spacial score (nSPS) is 11.1. The summed E-state index contributed by atoms with van der Waals surface area (Å²) < 4.78 is 16.4. The van der Waals surface area contributed by atoms with Crippen molar-refractivity contribution < 1.29 is 23.4 Å². The highest BCUT2D eigenvalue weighted by atomic mass is 32.1. The molecule has 0 radical (unpaired) electrons. The second-order valence-corrected chi connectivity index (χ2v) is 19.0. The molecule has 0 fully saturated rings. The maximum Gasteiger partial charge on any atom is 0.281 e. The Morgan fingerprint density at radius 2 is 1.35 bits per heavy atom. The van der Waals surface area contributed by atoms with Crippen molar-refractivity contribution in [2.45, 2.75) is 154 Å². The van der Waals surface area contributed by atoms with Crippen LogP contribution in [0.25, 0.3) is 0 Å². The fraction of sp³-hybridized carbons (Fsp3) is 0.583. The lowest BCUT2D eigenvalue weighted by molar-refractivity contribution is -0.124. The number of rotatable bonds is 8. The number of aliphatic imine (C=N–C) groups is 1. The lowest BCUT2D eigenvalue weighted by atomic mass is 10.0. The van der Waals surface area contributed by atoms with Gasteiger partial charge in [-0.3, -0.25) is 33.6 Å². The van der Waals surface area contributed by atoms with Gasteiger partial charge in [-0.25, -0.2) is 10.5 Å². The molecule has 0 bridgehead atoms. The number of carbonyl (C=O) groups excluding carboxylic acids is 2. The van der Waals surface area contributed by atoms with E-state index in [0.717, 1.165) is 40.4 Å². The summed E-state index contributed by atoms with van der Waals surface area (Å²) in [6.45, 7) is 39.2. The van der Waals surface area contributed by atoms with Crippen molar-refractivity contribution in [3.05, 3.63) is 109 Å². The molecule has 5 aromatic heterocycles. The molecule has 1 aliphatic rings. The number of amidine groups is 1. The van der Waals surface area contributed by atoms with Crippen molar-refractivity contribution >= 4 is 40.7 Å². The molecule has 20 heteroatoms. The molecule has 0 saturated heterocycles. The number of hydroxylamine groups is 1. The van der Waals surface area contributed by atoms with Crippen LogP contribution in [0.1, 0.15) is 179 Å². The predicted octanol–water partition coefficient (Wildman–Crippen LogP) is 10.2. The Morgan fingerprint density at radius 3 is 1.57 bits per heavy atom. The Balaban J connectivity index is 0. The van der Waals surface area contributed by atoms with Gasteiger partial charge in [0.2, 0.25) is 17.7 Å². The molecule has 6 heterocycles. The van der Waals surface area contributed by atoms with E-state index in [9.17, 15) is 19.2 Å². The van der Waals surface area contributed by atoms with E-state index in [0.29, 0.717) is 40.8 Å². The average molecular weight is 988 g/mol. The number of amides is 2. The summed E-state index contributed by atoms with van der Waals surface area (Å²) in [5.74, 6) is 6.03. The van der Waals surface area contributed by atoms with E-state index >= 15 is 0 Å². The smallest absolute Gasteiger partial charge is 0.281 e. The first kappa shape index (κ1) is 64.3. The van der Waals surface area contributed by atoms with E-state index in [4.69, 9.17) is 13.8 Å². The first-order chi connectivity index (χ1) is 31.7. The van der Waals surface area contributed by atoms with Gasteiger partial charge in [0.1, 0.15) is 29.4 Å². The van der Waals surface area contributed by atoms with E-state index in [1.54, 1.807) is 32.4 Å². The van der Waals surface area contributed by atoms with Gasteiger partial charge in [-0.1, -0.05) is 116 Å². The Bertz CT molecular complexity index is 2180. The van der Waals surface area contributed by atoms with E-state index in [1.165, 1.54) is 23.7 Å². The molecule has 0 aromatic carbocycles. The van der Waals surface area contributed by atoms with Crippen molar-refractivity contribution in [3.63, 3.8) is 0 Å². The molecule has 0 saturated carbocycles. The third-order valence-electron chi connectivity index (χ3n) is 8.57. The summed E-state index contributed by atoms with van der Waals surface area (Å²) in [6, 6.07) is 1.96. The minimum absolute atomic E-state index is 0.0463. The molecule has 0 atom stereocenters. The van der Waals surface area contributed by atoms with Crippen molar-refractivity contribution in [1.82, 2.24) is 50.2 Å². The topological polar surface area (TPSA) is 248 Å². The Hall–Kier alpha value is -5.76. The van der Waals surface area contributed by atoms with Crippen molar-refractivity contribution in [3.8, 4) is 0 Å². The monoisotopic (exact) mass is 988 g/mol. The van der Waals surface area contributed by atoms with E-state index in [1.807, 2.05) is 93.9 Å². The molecule has 18 nitrogen and oxygen atoms in total. The van der Waals surface area contributed by atoms with Gasteiger partial charge in [0.25, 0.3) is 5.56 Å². The highest BCUT2D eigenvalue weighted by molar-refractivity contribution is 7.09. The number of thiazole rings is 1. The summed E-state index contributed by atoms with van der Waals surface area (Å²) in [5, 5.41) is 15.3. The van der Waals surface area contributed by atoms with Crippen LogP contribution >= 0.6 is 23.1 Å². The van der Waals surface area contributed by atoms with Gasteiger partial charge in [-0.15, -0.1) is 11.3 Å². The van der Waals surface area contributed by atoms with Crippen LogP contribution in [0.4, 0.5) is 0 Å². The summed E-state index contributed by atoms with van der Waals surface area (Å²) >= 11 is 2.83. The number of carbonyl (C=O) groups is 2. The third kappa shape index (κ3) is 28.4. The van der Waals surface area contributed by atoms with Crippen LogP contribution in [-0.4, -0.2) is 65.8 Å². The number of aromatic nitrogens is 7. The summed E-state index contributed by atoms with van der Waals surface area (Å²) in [7, 11) is 3.28. The lowest BCUT2D eigenvalue weighted by Crippen LogP contribution is -2.22. The average Bonchev–Trinajstić information content (AvgIpc) is 4.14.